The van der Waals surface area contributed by atoms with E-state index in [-0.39, 0.29) is 5.75 Å². The number of alkyl halides is 3. The Balaban J connectivity index is 1.28. The van der Waals surface area contributed by atoms with E-state index in [1.807, 2.05) is 12.1 Å². The topological polar surface area (TPSA) is 9.23 Å². The SMILES string of the molecule is CCCCCCCC1CC[C@@H]2C[C@H](c3ccc(-c4ccc(OCC(F)(F)F)c(F)c4)cc3)CC[C@@H]2C1. The fourth-order valence-electron chi connectivity index (χ4n) is 6.49. The molecule has 2 fully saturated rings. The molecular formula is C31H40F4O. The molecule has 4 atom stereocenters. The smallest absolute Gasteiger partial charge is 0.422 e. The lowest BCUT2D eigenvalue weighted by Gasteiger charge is -2.42. The molecule has 2 aromatic rings. The van der Waals surface area contributed by atoms with Crippen LogP contribution < -0.4 is 4.74 Å². The molecular weight excluding hydrogens is 464 g/mol. The minimum Gasteiger partial charge on any atom is -0.481 e. The lowest BCUT2D eigenvalue weighted by atomic mass is 9.63. The van der Waals surface area contributed by atoms with E-state index in [0.29, 0.717) is 11.5 Å². The molecule has 4 rings (SSSR count). The fraction of sp³-hybridized carbons (Fsp3) is 0.613. The minimum atomic E-state index is -4.49. The van der Waals surface area contributed by atoms with Crippen LogP contribution in [0, 0.1) is 23.6 Å². The van der Waals surface area contributed by atoms with Gasteiger partial charge in [0.2, 0.25) is 0 Å². The molecule has 198 valence electrons. The molecule has 0 aromatic heterocycles. The predicted molar refractivity (Wildman–Crippen MR) is 138 cm³/mol. The average molecular weight is 505 g/mol. The number of hydrogen-bond donors (Lipinski definition) is 0. The summed E-state index contributed by atoms with van der Waals surface area (Å²) >= 11 is 0. The third-order valence-electron chi connectivity index (χ3n) is 8.48. The van der Waals surface area contributed by atoms with Gasteiger partial charge in [-0.3, -0.25) is 0 Å². The van der Waals surface area contributed by atoms with Crippen molar-refractivity contribution in [2.24, 2.45) is 17.8 Å². The second-order valence-corrected chi connectivity index (χ2v) is 11.1. The number of ether oxygens (including phenoxy) is 1. The van der Waals surface area contributed by atoms with Crippen LogP contribution in [-0.2, 0) is 0 Å². The first-order valence-corrected chi connectivity index (χ1v) is 13.9. The van der Waals surface area contributed by atoms with Crippen molar-refractivity contribution in [1.82, 2.24) is 0 Å². The Morgan fingerprint density at radius 3 is 2.22 bits per heavy atom. The molecule has 2 aromatic carbocycles. The summed E-state index contributed by atoms with van der Waals surface area (Å²) in [6, 6.07) is 12.4. The Labute approximate surface area is 213 Å². The maximum absolute atomic E-state index is 14.3. The number of hydrogen-bond acceptors (Lipinski definition) is 1. The zero-order valence-corrected chi connectivity index (χ0v) is 21.5. The van der Waals surface area contributed by atoms with Crippen LogP contribution in [0.25, 0.3) is 11.1 Å². The lowest BCUT2D eigenvalue weighted by molar-refractivity contribution is -0.153. The second kappa shape index (κ2) is 12.5. The largest absolute Gasteiger partial charge is 0.481 e. The molecule has 36 heavy (non-hydrogen) atoms. The van der Waals surface area contributed by atoms with Gasteiger partial charge in [0.15, 0.2) is 18.2 Å². The number of benzene rings is 2. The van der Waals surface area contributed by atoms with E-state index in [4.69, 9.17) is 0 Å². The Hall–Kier alpha value is -2.04. The van der Waals surface area contributed by atoms with Crippen molar-refractivity contribution in [2.45, 2.75) is 96.1 Å². The van der Waals surface area contributed by atoms with Crippen LogP contribution in [0.1, 0.15) is 95.5 Å². The standard InChI is InChI=1S/C31H40F4O/c1-2-3-4-5-6-7-22-8-9-27-19-26(15-14-25(27)18-22)23-10-12-24(13-11-23)28-16-17-30(29(32)20-28)36-21-31(33,34)35/h10-13,16-17,20,22,25-27H,2-9,14-15,18-19,21H2,1H3/t22?,25-,26-,27-/m1/s1. The molecule has 0 aliphatic heterocycles. The first kappa shape index (κ1) is 27.0. The van der Waals surface area contributed by atoms with Gasteiger partial charge >= 0.3 is 6.18 Å². The van der Waals surface area contributed by atoms with Gasteiger partial charge in [-0.15, -0.1) is 0 Å². The van der Waals surface area contributed by atoms with Crippen molar-refractivity contribution in [3.63, 3.8) is 0 Å². The minimum absolute atomic E-state index is 0.379. The zero-order chi connectivity index (χ0) is 25.5. The molecule has 2 saturated carbocycles. The average Bonchev–Trinajstić information content (AvgIpc) is 2.87. The van der Waals surface area contributed by atoms with E-state index in [2.05, 4.69) is 23.8 Å². The summed E-state index contributed by atoms with van der Waals surface area (Å²) in [6.07, 6.45) is 11.9. The van der Waals surface area contributed by atoms with Gasteiger partial charge in [0.25, 0.3) is 0 Å². The highest BCUT2D eigenvalue weighted by atomic mass is 19.4. The van der Waals surface area contributed by atoms with Crippen LogP contribution in [0.15, 0.2) is 42.5 Å². The normalized spacial score (nSPS) is 24.4. The van der Waals surface area contributed by atoms with Crippen molar-refractivity contribution >= 4 is 0 Å². The maximum Gasteiger partial charge on any atom is 0.422 e. The summed E-state index contributed by atoms with van der Waals surface area (Å²) in [4.78, 5) is 0. The van der Waals surface area contributed by atoms with Crippen LogP contribution in [0.2, 0.25) is 0 Å². The van der Waals surface area contributed by atoms with Gasteiger partial charge in [0.05, 0.1) is 0 Å². The van der Waals surface area contributed by atoms with Crippen LogP contribution >= 0.6 is 0 Å². The van der Waals surface area contributed by atoms with Gasteiger partial charge < -0.3 is 4.74 Å². The van der Waals surface area contributed by atoms with Crippen molar-refractivity contribution in [1.29, 1.82) is 0 Å². The Morgan fingerprint density at radius 1 is 0.806 bits per heavy atom. The molecule has 1 unspecified atom stereocenters. The molecule has 0 bridgehead atoms. The third kappa shape index (κ3) is 7.49. The number of unbranched alkanes of at least 4 members (excludes halogenated alkanes) is 4. The Kier molecular flexibility index (Phi) is 9.35. The van der Waals surface area contributed by atoms with Crippen molar-refractivity contribution in [3.8, 4) is 16.9 Å². The first-order valence-electron chi connectivity index (χ1n) is 13.9. The molecule has 0 amide bonds. The molecule has 0 spiro atoms. The first-order chi connectivity index (χ1) is 17.3. The monoisotopic (exact) mass is 504 g/mol. The van der Waals surface area contributed by atoms with E-state index in [0.717, 1.165) is 23.3 Å². The molecule has 2 aliphatic carbocycles. The maximum atomic E-state index is 14.3. The van der Waals surface area contributed by atoms with Crippen LogP contribution in [0.4, 0.5) is 17.6 Å². The van der Waals surface area contributed by atoms with E-state index in [1.54, 1.807) is 6.07 Å². The third-order valence-corrected chi connectivity index (χ3v) is 8.48. The van der Waals surface area contributed by atoms with Gasteiger partial charge in [0.1, 0.15) is 0 Å². The van der Waals surface area contributed by atoms with Crippen LogP contribution in [-0.4, -0.2) is 12.8 Å². The number of fused-ring (bicyclic) bond motifs is 1. The molecule has 2 aliphatic rings. The molecule has 0 heterocycles. The lowest BCUT2D eigenvalue weighted by Crippen LogP contribution is -2.30. The highest BCUT2D eigenvalue weighted by Gasteiger charge is 2.35. The Morgan fingerprint density at radius 2 is 1.50 bits per heavy atom. The summed E-state index contributed by atoms with van der Waals surface area (Å²) < 4.78 is 55.9. The van der Waals surface area contributed by atoms with E-state index >= 15 is 0 Å². The van der Waals surface area contributed by atoms with Gasteiger partial charge in [-0.05, 0) is 84.6 Å². The van der Waals surface area contributed by atoms with Crippen molar-refractivity contribution in [3.05, 3.63) is 53.8 Å². The highest BCUT2D eigenvalue weighted by Crippen LogP contribution is 2.48. The molecule has 0 radical (unpaired) electrons. The fourth-order valence-corrected chi connectivity index (χ4v) is 6.49. The summed E-state index contributed by atoms with van der Waals surface area (Å²) in [5, 5.41) is 0. The molecule has 1 nitrogen and oxygen atoms in total. The summed E-state index contributed by atoms with van der Waals surface area (Å²) in [6.45, 7) is 0.774. The number of halogens is 4. The number of rotatable bonds is 10. The van der Waals surface area contributed by atoms with Gasteiger partial charge in [-0.1, -0.05) is 82.2 Å². The summed E-state index contributed by atoms with van der Waals surface area (Å²) in [5.74, 6) is 2.11. The van der Waals surface area contributed by atoms with E-state index in [1.165, 1.54) is 94.7 Å². The van der Waals surface area contributed by atoms with Crippen LogP contribution in [0.3, 0.4) is 0 Å². The van der Waals surface area contributed by atoms with E-state index < -0.39 is 18.6 Å². The quantitative estimate of drug-likeness (QED) is 0.231. The summed E-state index contributed by atoms with van der Waals surface area (Å²) in [7, 11) is 0. The van der Waals surface area contributed by atoms with Gasteiger partial charge in [0, 0.05) is 0 Å². The predicted octanol–water partition coefficient (Wildman–Crippen LogP) is 10.1. The van der Waals surface area contributed by atoms with Gasteiger partial charge in [-0.25, -0.2) is 4.39 Å². The zero-order valence-electron chi connectivity index (χ0n) is 21.5. The van der Waals surface area contributed by atoms with E-state index in [9.17, 15) is 17.6 Å². The Bertz CT molecular complexity index is 952. The van der Waals surface area contributed by atoms with Crippen LogP contribution in [0.5, 0.6) is 5.75 Å². The van der Waals surface area contributed by atoms with Crippen molar-refractivity contribution < 1.29 is 22.3 Å². The second-order valence-electron chi connectivity index (χ2n) is 11.1. The highest BCUT2D eigenvalue weighted by molar-refractivity contribution is 5.64. The summed E-state index contributed by atoms with van der Waals surface area (Å²) in [5.41, 5.74) is 2.84. The molecule has 0 saturated heterocycles. The van der Waals surface area contributed by atoms with Gasteiger partial charge in [-0.2, -0.15) is 13.2 Å². The van der Waals surface area contributed by atoms with Crippen molar-refractivity contribution in [2.75, 3.05) is 6.61 Å². The molecule has 0 N–H and O–H groups in total. The molecule has 5 heteroatoms.